The number of phenolic OH excluding ortho intramolecular Hbond substituents is 1. The van der Waals surface area contributed by atoms with Crippen LogP contribution in [-0.4, -0.2) is 43.5 Å². The van der Waals surface area contributed by atoms with E-state index in [0.29, 0.717) is 28.5 Å². The molecule has 0 atom stereocenters. The van der Waals surface area contributed by atoms with Gasteiger partial charge in [-0.2, -0.15) is 0 Å². The van der Waals surface area contributed by atoms with Crippen LogP contribution in [0.2, 0.25) is 0 Å². The standard InChI is InChI=1S/C31H30N6O2/c1-19(2)9-24-12-27(36-39-24)23-15-32-30(33-16-23)37-17-31(18-37)13-22(14-31)20-7-8-21-11-28(35-34-26(21)10-20)25-5-3-4-6-29(25)38/h3-8,10-12,15-16,19,22,38H,9,13-14,17-18H2,1-2H3. The molecule has 1 saturated carbocycles. The van der Waals surface area contributed by atoms with E-state index in [4.69, 9.17) is 4.52 Å². The molecule has 2 fully saturated rings. The Balaban J connectivity index is 0.977. The first-order chi connectivity index (χ1) is 18.9. The summed E-state index contributed by atoms with van der Waals surface area (Å²) in [6, 6.07) is 17.7. The minimum atomic E-state index is 0.212. The normalized spacial score (nSPS) is 16.5. The van der Waals surface area contributed by atoms with E-state index in [1.54, 1.807) is 12.1 Å². The van der Waals surface area contributed by atoms with Crippen molar-refractivity contribution in [3.63, 3.8) is 0 Å². The number of aromatic hydroxyl groups is 1. The molecule has 2 aliphatic rings. The highest BCUT2D eigenvalue weighted by molar-refractivity contribution is 5.83. The second-order valence-corrected chi connectivity index (χ2v) is 11.6. The Morgan fingerprint density at radius 1 is 0.974 bits per heavy atom. The van der Waals surface area contributed by atoms with Gasteiger partial charge in [-0.05, 0) is 54.5 Å². The van der Waals surface area contributed by atoms with Crippen molar-refractivity contribution >= 4 is 16.9 Å². The van der Waals surface area contributed by atoms with Gasteiger partial charge in [-0.1, -0.05) is 43.3 Å². The Morgan fingerprint density at radius 2 is 1.77 bits per heavy atom. The zero-order chi connectivity index (χ0) is 26.6. The van der Waals surface area contributed by atoms with Gasteiger partial charge in [0.1, 0.15) is 17.2 Å². The van der Waals surface area contributed by atoms with Crippen LogP contribution in [0.25, 0.3) is 33.4 Å². The molecule has 8 heteroatoms. The van der Waals surface area contributed by atoms with Crippen LogP contribution in [0.5, 0.6) is 5.75 Å². The number of hydrogen-bond donors (Lipinski definition) is 1. The molecule has 1 aliphatic heterocycles. The molecule has 5 aromatic rings. The van der Waals surface area contributed by atoms with E-state index < -0.39 is 0 Å². The number of fused-ring (bicyclic) bond motifs is 1. The Bertz CT molecular complexity index is 1650. The average molecular weight is 519 g/mol. The molecule has 196 valence electrons. The maximum Gasteiger partial charge on any atom is 0.225 e. The fraction of sp³-hybridized carbons (Fsp3) is 0.323. The van der Waals surface area contributed by atoms with Crippen molar-refractivity contribution < 1.29 is 9.63 Å². The SMILES string of the molecule is CC(C)Cc1cc(-c2cnc(N3CC4(CC(c5ccc6cc(-c7ccccc7O)nnc6c5)C4)C3)nc2)no1. The van der Waals surface area contributed by atoms with Crippen LogP contribution in [0.15, 0.2) is 71.5 Å². The quantitative estimate of drug-likeness (QED) is 0.291. The van der Waals surface area contributed by atoms with E-state index in [-0.39, 0.29) is 5.75 Å². The predicted molar refractivity (Wildman–Crippen MR) is 149 cm³/mol. The Kier molecular flexibility index (Phi) is 5.58. The molecule has 2 aromatic carbocycles. The summed E-state index contributed by atoms with van der Waals surface area (Å²) < 4.78 is 5.45. The van der Waals surface area contributed by atoms with Crippen LogP contribution in [-0.2, 0) is 6.42 Å². The number of rotatable bonds is 6. The third kappa shape index (κ3) is 4.39. The highest BCUT2D eigenvalue weighted by Gasteiger charge is 2.53. The lowest BCUT2D eigenvalue weighted by Gasteiger charge is -2.59. The summed E-state index contributed by atoms with van der Waals surface area (Å²) >= 11 is 0. The molecule has 1 N–H and O–H groups in total. The number of nitrogens with zero attached hydrogens (tertiary/aromatic N) is 6. The summed E-state index contributed by atoms with van der Waals surface area (Å²) in [6.45, 7) is 6.30. The van der Waals surface area contributed by atoms with Gasteiger partial charge in [0, 0.05) is 59.9 Å². The zero-order valence-electron chi connectivity index (χ0n) is 22.1. The van der Waals surface area contributed by atoms with Gasteiger partial charge in [-0.3, -0.25) is 0 Å². The van der Waals surface area contributed by atoms with Crippen LogP contribution in [0.1, 0.15) is 43.9 Å². The third-order valence-electron chi connectivity index (χ3n) is 8.06. The molecule has 0 radical (unpaired) electrons. The molecule has 1 aliphatic carbocycles. The molecule has 4 heterocycles. The largest absolute Gasteiger partial charge is 0.507 e. The van der Waals surface area contributed by atoms with E-state index in [2.05, 4.69) is 62.3 Å². The maximum absolute atomic E-state index is 10.2. The smallest absolute Gasteiger partial charge is 0.225 e. The molecule has 0 amide bonds. The van der Waals surface area contributed by atoms with Crippen molar-refractivity contribution in [3.8, 4) is 28.3 Å². The second kappa shape index (κ2) is 9.15. The van der Waals surface area contributed by atoms with E-state index in [0.717, 1.165) is 66.2 Å². The lowest BCUT2D eigenvalue weighted by atomic mass is 9.56. The van der Waals surface area contributed by atoms with Gasteiger partial charge in [-0.25, -0.2) is 9.97 Å². The molecule has 1 spiro atoms. The molecule has 0 unspecified atom stereocenters. The fourth-order valence-electron chi connectivity index (χ4n) is 6.08. The monoisotopic (exact) mass is 518 g/mol. The summed E-state index contributed by atoms with van der Waals surface area (Å²) in [6.07, 6.45) is 6.88. The van der Waals surface area contributed by atoms with Crippen LogP contribution < -0.4 is 4.90 Å². The minimum absolute atomic E-state index is 0.212. The van der Waals surface area contributed by atoms with Crippen LogP contribution >= 0.6 is 0 Å². The van der Waals surface area contributed by atoms with Gasteiger partial charge in [0.05, 0.1) is 11.2 Å². The summed E-state index contributed by atoms with van der Waals surface area (Å²) in [5.74, 6) is 2.94. The van der Waals surface area contributed by atoms with Crippen molar-refractivity contribution in [2.24, 2.45) is 11.3 Å². The Labute approximate surface area is 226 Å². The number of phenols is 1. The second-order valence-electron chi connectivity index (χ2n) is 11.6. The maximum atomic E-state index is 10.2. The average Bonchev–Trinajstić information content (AvgIpc) is 3.35. The number of anilines is 1. The lowest BCUT2D eigenvalue weighted by Crippen LogP contribution is -2.62. The van der Waals surface area contributed by atoms with E-state index in [1.165, 1.54) is 5.56 Å². The summed E-state index contributed by atoms with van der Waals surface area (Å²) in [5.41, 5.74) is 5.59. The van der Waals surface area contributed by atoms with Crippen LogP contribution in [0.4, 0.5) is 5.95 Å². The number of para-hydroxylation sites is 1. The van der Waals surface area contributed by atoms with Crippen LogP contribution in [0.3, 0.4) is 0 Å². The van der Waals surface area contributed by atoms with Gasteiger partial charge in [0.25, 0.3) is 0 Å². The van der Waals surface area contributed by atoms with Gasteiger partial charge in [0.2, 0.25) is 5.95 Å². The lowest BCUT2D eigenvalue weighted by molar-refractivity contribution is 0.0621. The zero-order valence-corrected chi connectivity index (χ0v) is 22.1. The van der Waals surface area contributed by atoms with Crippen LogP contribution in [0, 0.1) is 11.3 Å². The number of benzene rings is 2. The first kappa shape index (κ1) is 23.8. The van der Waals surface area contributed by atoms with Gasteiger partial charge in [0.15, 0.2) is 0 Å². The first-order valence-corrected chi connectivity index (χ1v) is 13.5. The molecule has 39 heavy (non-hydrogen) atoms. The number of hydrogen-bond acceptors (Lipinski definition) is 8. The molecule has 8 nitrogen and oxygen atoms in total. The predicted octanol–water partition coefficient (Wildman–Crippen LogP) is 6.03. The van der Waals surface area contributed by atoms with Gasteiger partial charge < -0.3 is 14.5 Å². The Morgan fingerprint density at radius 3 is 2.54 bits per heavy atom. The molecule has 3 aromatic heterocycles. The summed E-state index contributed by atoms with van der Waals surface area (Å²) in [4.78, 5) is 11.5. The molecular weight excluding hydrogens is 488 g/mol. The van der Waals surface area contributed by atoms with E-state index in [9.17, 15) is 5.11 Å². The molecule has 7 rings (SSSR count). The highest BCUT2D eigenvalue weighted by atomic mass is 16.5. The first-order valence-electron chi connectivity index (χ1n) is 13.5. The van der Waals surface area contributed by atoms with Gasteiger partial charge in [-0.15, -0.1) is 10.2 Å². The van der Waals surface area contributed by atoms with Crippen molar-refractivity contribution in [1.29, 1.82) is 0 Å². The summed E-state index contributed by atoms with van der Waals surface area (Å²) in [5, 5.41) is 24.2. The van der Waals surface area contributed by atoms with E-state index in [1.807, 2.05) is 36.7 Å². The summed E-state index contributed by atoms with van der Waals surface area (Å²) in [7, 11) is 0. The molecule has 1 saturated heterocycles. The fourth-order valence-corrected chi connectivity index (χ4v) is 6.08. The third-order valence-corrected chi connectivity index (χ3v) is 8.06. The number of aromatic nitrogens is 5. The topological polar surface area (TPSA) is 101 Å². The Hall–Kier alpha value is -4.33. The van der Waals surface area contributed by atoms with Crippen molar-refractivity contribution in [1.82, 2.24) is 25.3 Å². The highest BCUT2D eigenvalue weighted by Crippen LogP contribution is 2.56. The van der Waals surface area contributed by atoms with Crippen molar-refractivity contribution in [2.45, 2.75) is 39.0 Å². The van der Waals surface area contributed by atoms with Gasteiger partial charge >= 0.3 is 0 Å². The minimum Gasteiger partial charge on any atom is -0.507 e. The van der Waals surface area contributed by atoms with Crippen molar-refractivity contribution in [2.75, 3.05) is 18.0 Å². The molecule has 0 bridgehead atoms. The van der Waals surface area contributed by atoms with Crippen molar-refractivity contribution in [3.05, 3.63) is 78.3 Å². The molecular formula is C31H30N6O2. The van der Waals surface area contributed by atoms with E-state index >= 15 is 0 Å².